The average Bonchev–Trinajstić information content (AvgIpc) is 3.44. The van der Waals surface area contributed by atoms with E-state index in [0.29, 0.717) is 0 Å². The molecule has 1 aromatic heterocycles. The molecule has 0 aliphatic heterocycles. The van der Waals surface area contributed by atoms with Gasteiger partial charge in [-0.05, 0) is 68.6 Å². The lowest BCUT2D eigenvalue weighted by atomic mass is 9.82. The molecule has 7 aromatic carbocycles. The van der Waals surface area contributed by atoms with Crippen LogP contribution >= 0.6 is 0 Å². The zero-order chi connectivity index (χ0) is 29.8. The van der Waals surface area contributed by atoms with Gasteiger partial charge in [-0.2, -0.15) is 0 Å². The van der Waals surface area contributed by atoms with Gasteiger partial charge in [0.15, 0.2) is 5.58 Å². The fourth-order valence-electron chi connectivity index (χ4n) is 6.71. The second-order valence-electron chi connectivity index (χ2n) is 12.6. The summed E-state index contributed by atoms with van der Waals surface area (Å²) in [5.41, 5.74) is 8.87. The molecule has 0 spiro atoms. The van der Waals surface area contributed by atoms with E-state index in [9.17, 15) is 0 Å². The molecule has 0 saturated carbocycles. The van der Waals surface area contributed by atoms with Crippen molar-refractivity contribution in [3.8, 4) is 11.1 Å². The number of hydrogen-bond donors (Lipinski definition) is 0. The largest absolute Gasteiger partial charge is 0.454 e. The Morgan fingerprint density at radius 1 is 0.500 bits per heavy atom. The maximum Gasteiger partial charge on any atom is 0.159 e. The molecule has 0 aliphatic carbocycles. The first kappa shape index (κ1) is 26.3. The van der Waals surface area contributed by atoms with Gasteiger partial charge < -0.3 is 9.32 Å². The van der Waals surface area contributed by atoms with E-state index in [2.05, 4.69) is 165 Å². The molecule has 8 rings (SSSR count). The summed E-state index contributed by atoms with van der Waals surface area (Å²) < 4.78 is 6.61. The number of furan rings is 1. The first-order chi connectivity index (χ1) is 21.5. The summed E-state index contributed by atoms with van der Waals surface area (Å²) in [6, 6.07) is 52.3. The van der Waals surface area contributed by atoms with Gasteiger partial charge in [-0.3, -0.25) is 0 Å². The molecule has 0 unspecified atom stereocenters. The summed E-state index contributed by atoms with van der Waals surface area (Å²) >= 11 is 0. The van der Waals surface area contributed by atoms with Crippen LogP contribution in [0.3, 0.4) is 0 Å². The van der Waals surface area contributed by atoms with E-state index in [-0.39, 0.29) is 5.41 Å². The SMILES string of the molecule is CC(C)(C)c1ccccc1-c1ccc(N(c2cc3ccccc3c3ccccc23)c2cccc3c2oc2ccccc23)cc1. The van der Waals surface area contributed by atoms with Crippen LogP contribution in [-0.4, -0.2) is 0 Å². The number of fused-ring (bicyclic) bond motifs is 6. The zero-order valence-corrected chi connectivity index (χ0v) is 25.2. The zero-order valence-electron chi connectivity index (χ0n) is 25.2. The van der Waals surface area contributed by atoms with E-state index in [4.69, 9.17) is 4.42 Å². The number of benzene rings is 7. The van der Waals surface area contributed by atoms with Crippen LogP contribution in [-0.2, 0) is 5.41 Å². The molecule has 0 N–H and O–H groups in total. The van der Waals surface area contributed by atoms with Crippen LogP contribution in [0.25, 0.3) is 54.6 Å². The van der Waals surface area contributed by atoms with Gasteiger partial charge >= 0.3 is 0 Å². The molecule has 0 fully saturated rings. The Morgan fingerprint density at radius 3 is 1.93 bits per heavy atom. The maximum absolute atomic E-state index is 6.61. The van der Waals surface area contributed by atoms with Crippen LogP contribution in [0.2, 0.25) is 0 Å². The van der Waals surface area contributed by atoms with E-state index in [0.717, 1.165) is 39.0 Å². The molecule has 44 heavy (non-hydrogen) atoms. The summed E-state index contributed by atoms with van der Waals surface area (Å²) in [5, 5.41) is 7.13. The molecule has 0 amide bonds. The smallest absolute Gasteiger partial charge is 0.159 e. The molecule has 0 bridgehead atoms. The first-order valence-electron chi connectivity index (χ1n) is 15.3. The van der Waals surface area contributed by atoms with Gasteiger partial charge in [0.1, 0.15) is 5.58 Å². The van der Waals surface area contributed by atoms with Crippen LogP contribution in [0.15, 0.2) is 150 Å². The summed E-state index contributed by atoms with van der Waals surface area (Å²) in [6.45, 7) is 6.84. The van der Waals surface area contributed by atoms with Crippen molar-refractivity contribution in [2.45, 2.75) is 26.2 Å². The minimum absolute atomic E-state index is 0.0439. The van der Waals surface area contributed by atoms with Crippen molar-refractivity contribution in [1.82, 2.24) is 0 Å². The second-order valence-corrected chi connectivity index (χ2v) is 12.6. The van der Waals surface area contributed by atoms with Gasteiger partial charge in [0.05, 0.1) is 11.4 Å². The molecule has 0 radical (unpaired) electrons. The molecule has 0 saturated heterocycles. The Morgan fingerprint density at radius 2 is 1.14 bits per heavy atom. The maximum atomic E-state index is 6.61. The molecule has 0 aliphatic rings. The van der Waals surface area contributed by atoms with Crippen molar-refractivity contribution in [2.24, 2.45) is 0 Å². The second kappa shape index (κ2) is 10.1. The molecule has 2 heteroatoms. The molecule has 8 aromatic rings. The minimum Gasteiger partial charge on any atom is -0.454 e. The van der Waals surface area contributed by atoms with E-state index in [1.807, 2.05) is 6.07 Å². The normalized spacial score (nSPS) is 12.0. The van der Waals surface area contributed by atoms with Gasteiger partial charge in [0.2, 0.25) is 0 Å². The number of anilines is 3. The lowest BCUT2D eigenvalue weighted by Crippen LogP contribution is -2.13. The Kier molecular flexibility index (Phi) is 6.06. The predicted molar refractivity (Wildman–Crippen MR) is 188 cm³/mol. The highest BCUT2D eigenvalue weighted by Crippen LogP contribution is 2.46. The van der Waals surface area contributed by atoms with Crippen LogP contribution in [0.5, 0.6) is 0 Å². The summed E-state index contributed by atoms with van der Waals surface area (Å²) in [4.78, 5) is 2.37. The Bertz CT molecular complexity index is 2320. The van der Waals surface area contributed by atoms with Gasteiger partial charge in [0.25, 0.3) is 0 Å². The lowest BCUT2D eigenvalue weighted by Gasteiger charge is -2.28. The van der Waals surface area contributed by atoms with Crippen LogP contribution in [0.1, 0.15) is 26.3 Å². The van der Waals surface area contributed by atoms with Gasteiger partial charge in [-0.15, -0.1) is 0 Å². The summed E-state index contributed by atoms with van der Waals surface area (Å²) in [5.74, 6) is 0. The summed E-state index contributed by atoms with van der Waals surface area (Å²) in [7, 11) is 0. The number of nitrogens with zero attached hydrogens (tertiary/aromatic N) is 1. The van der Waals surface area contributed by atoms with Crippen molar-refractivity contribution < 1.29 is 4.42 Å². The highest BCUT2D eigenvalue weighted by Gasteiger charge is 2.23. The number of hydrogen-bond acceptors (Lipinski definition) is 2. The fourth-order valence-corrected chi connectivity index (χ4v) is 6.71. The lowest BCUT2D eigenvalue weighted by molar-refractivity contribution is 0.592. The predicted octanol–water partition coefficient (Wildman–Crippen LogP) is 12.3. The molecular formula is C42H33NO. The van der Waals surface area contributed by atoms with Gasteiger partial charge in [-0.1, -0.05) is 136 Å². The Labute approximate surface area is 257 Å². The van der Waals surface area contributed by atoms with Crippen LogP contribution < -0.4 is 4.90 Å². The third kappa shape index (κ3) is 4.26. The molecule has 1 heterocycles. The molecular weight excluding hydrogens is 534 g/mol. The quantitative estimate of drug-likeness (QED) is 0.197. The fraction of sp³-hybridized carbons (Fsp3) is 0.0952. The highest BCUT2D eigenvalue weighted by molar-refractivity contribution is 6.16. The highest BCUT2D eigenvalue weighted by atomic mass is 16.3. The first-order valence-corrected chi connectivity index (χ1v) is 15.3. The monoisotopic (exact) mass is 567 g/mol. The molecule has 2 nitrogen and oxygen atoms in total. The third-order valence-electron chi connectivity index (χ3n) is 8.78. The van der Waals surface area contributed by atoms with Crippen LogP contribution in [0, 0.1) is 0 Å². The number of rotatable bonds is 4. The van der Waals surface area contributed by atoms with Crippen molar-refractivity contribution in [2.75, 3.05) is 4.90 Å². The standard InChI is InChI=1S/C42H33NO/c1-42(2,3)37-20-10-8-15-32(37)28-23-25-30(26-24-28)43(38-21-12-19-36-35-18-9-11-22-40(35)44-41(36)38)39-27-29-13-4-5-14-31(29)33-16-6-7-17-34(33)39/h4-27H,1-3H3. The van der Waals surface area contributed by atoms with E-state index < -0.39 is 0 Å². The van der Waals surface area contributed by atoms with Gasteiger partial charge in [-0.25, -0.2) is 0 Å². The van der Waals surface area contributed by atoms with E-state index in [1.165, 1.54) is 38.2 Å². The number of para-hydroxylation sites is 2. The Hall–Kier alpha value is -5.34. The van der Waals surface area contributed by atoms with Crippen molar-refractivity contribution in [1.29, 1.82) is 0 Å². The van der Waals surface area contributed by atoms with E-state index >= 15 is 0 Å². The molecule has 212 valence electrons. The average molecular weight is 568 g/mol. The van der Waals surface area contributed by atoms with E-state index in [1.54, 1.807) is 0 Å². The topological polar surface area (TPSA) is 16.4 Å². The van der Waals surface area contributed by atoms with Crippen molar-refractivity contribution in [3.05, 3.63) is 151 Å². The van der Waals surface area contributed by atoms with Crippen molar-refractivity contribution >= 4 is 60.5 Å². The third-order valence-corrected chi connectivity index (χ3v) is 8.78. The van der Waals surface area contributed by atoms with Crippen molar-refractivity contribution in [3.63, 3.8) is 0 Å². The van der Waals surface area contributed by atoms with Gasteiger partial charge in [0, 0.05) is 21.8 Å². The molecule has 0 atom stereocenters. The van der Waals surface area contributed by atoms with Crippen LogP contribution in [0.4, 0.5) is 17.1 Å². The Balaban J connectivity index is 1.40. The minimum atomic E-state index is 0.0439. The summed E-state index contributed by atoms with van der Waals surface area (Å²) in [6.07, 6.45) is 0.